The van der Waals surface area contributed by atoms with Crippen LogP contribution in [0.15, 0.2) is 85.2 Å². The fourth-order valence-corrected chi connectivity index (χ4v) is 4.26. The van der Waals surface area contributed by atoms with Crippen molar-refractivity contribution in [3.63, 3.8) is 0 Å². The highest BCUT2D eigenvalue weighted by atomic mass is 16.5. The number of rotatable bonds is 7. The summed E-state index contributed by atoms with van der Waals surface area (Å²) in [6.07, 6.45) is 3.35. The summed E-state index contributed by atoms with van der Waals surface area (Å²) in [6, 6.07) is 21.9. The average molecular weight is 538 g/mol. The predicted octanol–water partition coefficient (Wildman–Crippen LogP) is 7.17. The molecule has 5 aromatic rings. The number of ether oxygens (including phenoxy) is 3. The van der Waals surface area contributed by atoms with Crippen molar-refractivity contribution in [2.24, 2.45) is 0 Å². The maximum atomic E-state index is 13.3. The second-order valence-corrected chi connectivity index (χ2v) is 10.1. The molecule has 2 amide bonds. The Labute approximate surface area is 232 Å². The number of nitrogens with one attached hydrogen (secondary N) is 2. The predicted molar refractivity (Wildman–Crippen MR) is 156 cm³/mol. The number of hydrogen-bond acceptors (Lipinski definition) is 6. The monoisotopic (exact) mass is 537 g/mol. The van der Waals surface area contributed by atoms with Gasteiger partial charge in [0.15, 0.2) is 11.5 Å². The highest BCUT2D eigenvalue weighted by Gasteiger charge is 2.22. The molecule has 0 fully saturated rings. The quantitative estimate of drug-likeness (QED) is 0.228. The molecule has 2 aromatic heterocycles. The molecule has 40 heavy (non-hydrogen) atoms. The normalized spacial score (nSPS) is 11.2. The number of hydrogen-bond donors (Lipinski definition) is 2. The molecule has 0 aliphatic heterocycles. The van der Waals surface area contributed by atoms with Crippen LogP contribution in [-0.4, -0.2) is 35.0 Å². The summed E-state index contributed by atoms with van der Waals surface area (Å²) in [4.78, 5) is 17.4. The van der Waals surface area contributed by atoms with Crippen LogP contribution in [0.5, 0.6) is 23.0 Å². The van der Waals surface area contributed by atoms with E-state index in [1.54, 1.807) is 49.5 Å². The summed E-state index contributed by atoms with van der Waals surface area (Å²) >= 11 is 0. The van der Waals surface area contributed by atoms with Crippen LogP contribution in [0.2, 0.25) is 0 Å². The van der Waals surface area contributed by atoms with Crippen LogP contribution in [0.1, 0.15) is 26.5 Å². The third-order valence-electron chi connectivity index (χ3n) is 6.34. The summed E-state index contributed by atoms with van der Waals surface area (Å²) in [7, 11) is 3.16. The van der Waals surface area contributed by atoms with Crippen LogP contribution in [-0.2, 0) is 5.41 Å². The molecule has 0 aliphatic rings. The minimum absolute atomic E-state index is 0.241. The van der Waals surface area contributed by atoms with E-state index < -0.39 is 6.03 Å². The summed E-state index contributed by atoms with van der Waals surface area (Å²) in [5.41, 5.74) is 1.94. The van der Waals surface area contributed by atoms with E-state index in [1.165, 1.54) is 0 Å². The minimum Gasteiger partial charge on any atom is -0.493 e. The Hall–Kier alpha value is -5.05. The molecule has 2 heterocycles. The average Bonchev–Trinajstić information content (AvgIpc) is 3.39. The zero-order valence-electron chi connectivity index (χ0n) is 23.1. The van der Waals surface area contributed by atoms with Crippen LogP contribution in [0.25, 0.3) is 16.5 Å². The summed E-state index contributed by atoms with van der Waals surface area (Å²) in [5, 5.41) is 12.5. The van der Waals surface area contributed by atoms with Crippen molar-refractivity contribution < 1.29 is 19.0 Å². The first kappa shape index (κ1) is 26.6. The molecule has 0 aliphatic carbocycles. The third-order valence-corrected chi connectivity index (χ3v) is 6.34. The van der Waals surface area contributed by atoms with E-state index in [1.807, 2.05) is 54.6 Å². The van der Waals surface area contributed by atoms with Crippen molar-refractivity contribution in [3.05, 3.63) is 90.9 Å². The number of aromatic nitrogens is 3. The number of methoxy groups -OCH3 is 2. The minimum atomic E-state index is -0.407. The van der Waals surface area contributed by atoms with Crippen molar-refractivity contribution in [1.82, 2.24) is 14.8 Å². The first-order valence-electron chi connectivity index (χ1n) is 12.8. The molecule has 9 nitrogen and oxygen atoms in total. The molecule has 204 valence electrons. The van der Waals surface area contributed by atoms with Crippen LogP contribution < -0.4 is 24.8 Å². The third kappa shape index (κ3) is 5.54. The lowest BCUT2D eigenvalue weighted by Gasteiger charge is -2.15. The van der Waals surface area contributed by atoms with E-state index in [2.05, 4.69) is 36.4 Å². The molecule has 0 unspecified atom stereocenters. The van der Waals surface area contributed by atoms with Gasteiger partial charge in [-0.1, -0.05) is 45.0 Å². The molecule has 2 N–H and O–H groups in total. The highest BCUT2D eigenvalue weighted by molar-refractivity contribution is 6.07. The molecule has 0 saturated carbocycles. The number of anilines is 2. The van der Waals surface area contributed by atoms with Crippen LogP contribution in [0.3, 0.4) is 0 Å². The van der Waals surface area contributed by atoms with Crippen molar-refractivity contribution >= 4 is 28.3 Å². The summed E-state index contributed by atoms with van der Waals surface area (Å²) in [6.45, 7) is 6.21. The molecule has 3 aromatic carbocycles. The maximum absolute atomic E-state index is 13.3. The van der Waals surface area contributed by atoms with Crippen LogP contribution >= 0.6 is 0 Å². The van der Waals surface area contributed by atoms with Crippen molar-refractivity contribution in [3.8, 4) is 28.7 Å². The number of amides is 2. The van der Waals surface area contributed by atoms with Gasteiger partial charge in [0.05, 0.1) is 31.3 Å². The van der Waals surface area contributed by atoms with Gasteiger partial charge in [0.1, 0.15) is 17.3 Å². The van der Waals surface area contributed by atoms with Gasteiger partial charge < -0.3 is 19.5 Å². The smallest absolute Gasteiger partial charge is 0.324 e. The first-order valence-corrected chi connectivity index (χ1v) is 12.8. The molecule has 0 saturated heterocycles. The lowest BCUT2D eigenvalue weighted by atomic mass is 9.92. The summed E-state index contributed by atoms with van der Waals surface area (Å²) < 4.78 is 18.6. The Morgan fingerprint density at radius 2 is 1.50 bits per heavy atom. The van der Waals surface area contributed by atoms with Gasteiger partial charge in [0.2, 0.25) is 0 Å². The number of carbonyl (C=O) groups is 1. The van der Waals surface area contributed by atoms with Crippen LogP contribution in [0.4, 0.5) is 16.3 Å². The molecule has 0 atom stereocenters. The second-order valence-electron chi connectivity index (χ2n) is 10.1. The number of benzene rings is 3. The fourth-order valence-electron chi connectivity index (χ4n) is 4.26. The second kappa shape index (κ2) is 11.0. The largest absolute Gasteiger partial charge is 0.493 e. The van der Waals surface area contributed by atoms with E-state index in [9.17, 15) is 4.79 Å². The molecule has 0 radical (unpaired) electrons. The van der Waals surface area contributed by atoms with Gasteiger partial charge in [-0.15, -0.1) is 0 Å². The standard InChI is InChI=1S/C31H31N5O4/c1-31(2,3)28-19-29(36(35-28)20-10-12-26(38-4)27(18-20)39-5)34-30(37)33-24-11-13-25(23-9-7-6-8-22(23)24)40-21-14-16-32-17-15-21/h6-19H,1-5H3,(H2,33,34,37). The van der Waals surface area contributed by atoms with E-state index in [0.29, 0.717) is 40.2 Å². The van der Waals surface area contributed by atoms with Gasteiger partial charge in [-0.2, -0.15) is 5.10 Å². The molecule has 9 heteroatoms. The Kier molecular flexibility index (Phi) is 7.29. The van der Waals surface area contributed by atoms with E-state index in [-0.39, 0.29) is 5.41 Å². The fraction of sp³-hybridized carbons (Fsp3) is 0.194. The van der Waals surface area contributed by atoms with Crippen molar-refractivity contribution in [2.45, 2.75) is 26.2 Å². The molecular weight excluding hydrogens is 506 g/mol. The van der Waals surface area contributed by atoms with Gasteiger partial charge in [0, 0.05) is 40.7 Å². The number of urea groups is 1. The molecule has 0 spiro atoms. The zero-order valence-corrected chi connectivity index (χ0v) is 23.1. The summed E-state index contributed by atoms with van der Waals surface area (Å²) in [5.74, 6) is 3.02. The van der Waals surface area contributed by atoms with Gasteiger partial charge in [0.25, 0.3) is 0 Å². The SMILES string of the molecule is COc1ccc(-n2nc(C(C)(C)C)cc2NC(=O)Nc2ccc(Oc3ccncc3)c3ccccc23)cc1OC. The number of pyridine rings is 1. The van der Waals surface area contributed by atoms with E-state index >= 15 is 0 Å². The van der Waals surface area contributed by atoms with Gasteiger partial charge in [-0.3, -0.25) is 10.3 Å². The maximum Gasteiger partial charge on any atom is 0.324 e. The topological polar surface area (TPSA) is 99.5 Å². The van der Waals surface area contributed by atoms with E-state index in [4.69, 9.17) is 19.3 Å². The Morgan fingerprint density at radius 1 is 0.800 bits per heavy atom. The van der Waals surface area contributed by atoms with Crippen molar-refractivity contribution in [2.75, 3.05) is 24.9 Å². The molecule has 0 bridgehead atoms. The first-order chi connectivity index (χ1) is 19.3. The van der Waals surface area contributed by atoms with Gasteiger partial charge in [-0.25, -0.2) is 9.48 Å². The van der Waals surface area contributed by atoms with Crippen molar-refractivity contribution in [1.29, 1.82) is 0 Å². The Morgan fingerprint density at radius 3 is 2.20 bits per heavy atom. The molecular formula is C31H31N5O4. The Balaban J connectivity index is 1.45. The number of fused-ring (bicyclic) bond motifs is 1. The zero-order chi connectivity index (χ0) is 28.3. The van der Waals surface area contributed by atoms with E-state index in [0.717, 1.165) is 16.5 Å². The highest BCUT2D eigenvalue weighted by Crippen LogP contribution is 2.35. The molecule has 5 rings (SSSR count). The Bertz CT molecular complexity index is 1660. The number of carbonyl (C=O) groups excluding carboxylic acids is 1. The lowest BCUT2D eigenvalue weighted by molar-refractivity contribution is 0.262. The number of nitrogens with zero attached hydrogens (tertiary/aromatic N) is 3. The van der Waals surface area contributed by atoms with Crippen LogP contribution in [0, 0.1) is 0 Å². The lowest BCUT2D eigenvalue weighted by Crippen LogP contribution is -2.21. The van der Waals surface area contributed by atoms with Gasteiger partial charge >= 0.3 is 6.03 Å². The van der Waals surface area contributed by atoms with Gasteiger partial charge in [-0.05, 0) is 36.4 Å².